The number of nitrogens with one attached hydrogen (secondary N) is 2. The smallest absolute Gasteiger partial charge is 0.219 e. The van der Waals surface area contributed by atoms with Gasteiger partial charge in [-0.1, -0.05) is 0 Å². The Labute approximate surface area is 98.4 Å². The summed E-state index contributed by atoms with van der Waals surface area (Å²) in [5.74, 6) is 3.50. The summed E-state index contributed by atoms with van der Waals surface area (Å²) < 4.78 is 0. The maximum atomic E-state index is 11.4. The maximum Gasteiger partial charge on any atom is 0.219 e. The summed E-state index contributed by atoms with van der Waals surface area (Å²) in [6.45, 7) is 3.06. The van der Waals surface area contributed by atoms with E-state index in [1.165, 1.54) is 6.42 Å². The van der Waals surface area contributed by atoms with Gasteiger partial charge in [-0.3, -0.25) is 4.79 Å². The van der Waals surface area contributed by atoms with Crippen LogP contribution in [-0.4, -0.2) is 25.5 Å². The van der Waals surface area contributed by atoms with E-state index in [2.05, 4.69) is 16.6 Å². The molecule has 0 radical (unpaired) electrons. The molecule has 0 bridgehead atoms. The molecule has 0 spiro atoms. The molecule has 0 aromatic heterocycles. The molecule has 1 aliphatic rings. The molecule has 3 heteroatoms. The Morgan fingerprint density at radius 3 is 3.06 bits per heavy atom. The number of hydrogen-bond acceptors (Lipinski definition) is 2. The van der Waals surface area contributed by atoms with Crippen LogP contribution in [0.4, 0.5) is 0 Å². The predicted octanol–water partition coefficient (Wildman–Crippen LogP) is 1.30. The summed E-state index contributed by atoms with van der Waals surface area (Å²) in [6, 6.07) is 0. The standard InChI is InChI=1S/C13H22N2O/c1-2-3-4-5-6-13(16)15-10-8-12-7-9-14-11-12/h1,12,14H,3-11H2,(H,15,16). The first-order valence-corrected chi connectivity index (χ1v) is 6.24. The van der Waals surface area contributed by atoms with Crippen LogP contribution in [0.25, 0.3) is 0 Å². The predicted molar refractivity (Wildman–Crippen MR) is 65.9 cm³/mol. The van der Waals surface area contributed by atoms with E-state index in [9.17, 15) is 4.79 Å². The van der Waals surface area contributed by atoms with Crippen molar-refractivity contribution in [2.24, 2.45) is 5.92 Å². The summed E-state index contributed by atoms with van der Waals surface area (Å²) in [5, 5.41) is 6.30. The van der Waals surface area contributed by atoms with Crippen molar-refractivity contribution in [3.05, 3.63) is 0 Å². The van der Waals surface area contributed by atoms with Gasteiger partial charge in [-0.2, -0.15) is 0 Å². The Kier molecular flexibility index (Phi) is 6.67. The van der Waals surface area contributed by atoms with Crippen molar-refractivity contribution in [1.82, 2.24) is 10.6 Å². The Bertz CT molecular complexity index is 239. The number of carbonyl (C=O) groups excluding carboxylic acids is 1. The summed E-state index contributed by atoms with van der Waals surface area (Å²) in [4.78, 5) is 11.4. The van der Waals surface area contributed by atoms with E-state index in [-0.39, 0.29) is 5.91 Å². The molecule has 1 saturated heterocycles. The van der Waals surface area contributed by atoms with Gasteiger partial charge in [0.05, 0.1) is 0 Å². The molecule has 0 saturated carbocycles. The minimum Gasteiger partial charge on any atom is -0.356 e. The highest BCUT2D eigenvalue weighted by atomic mass is 16.1. The lowest BCUT2D eigenvalue weighted by Gasteiger charge is -2.09. The van der Waals surface area contributed by atoms with E-state index >= 15 is 0 Å². The number of terminal acetylenes is 1. The zero-order chi connectivity index (χ0) is 11.6. The topological polar surface area (TPSA) is 41.1 Å². The van der Waals surface area contributed by atoms with Gasteiger partial charge in [0, 0.05) is 19.4 Å². The maximum absolute atomic E-state index is 11.4. The minimum atomic E-state index is 0.169. The molecule has 1 fully saturated rings. The zero-order valence-electron chi connectivity index (χ0n) is 9.93. The molecule has 1 heterocycles. The highest BCUT2D eigenvalue weighted by Crippen LogP contribution is 2.10. The third-order valence-electron chi connectivity index (χ3n) is 3.01. The fraction of sp³-hybridized carbons (Fsp3) is 0.769. The van der Waals surface area contributed by atoms with E-state index in [0.717, 1.165) is 51.2 Å². The van der Waals surface area contributed by atoms with Gasteiger partial charge in [0.15, 0.2) is 0 Å². The molecule has 2 N–H and O–H groups in total. The van der Waals surface area contributed by atoms with Crippen LogP contribution in [-0.2, 0) is 4.79 Å². The second-order valence-electron chi connectivity index (χ2n) is 4.41. The number of hydrogen-bond donors (Lipinski definition) is 2. The lowest BCUT2D eigenvalue weighted by atomic mass is 10.1. The first kappa shape index (κ1) is 13.1. The van der Waals surface area contributed by atoms with Crippen LogP contribution >= 0.6 is 0 Å². The van der Waals surface area contributed by atoms with Crippen LogP contribution in [0.15, 0.2) is 0 Å². The highest BCUT2D eigenvalue weighted by Gasteiger charge is 2.13. The average molecular weight is 222 g/mol. The lowest BCUT2D eigenvalue weighted by Crippen LogP contribution is -2.26. The van der Waals surface area contributed by atoms with Gasteiger partial charge in [-0.15, -0.1) is 12.3 Å². The molecule has 1 amide bonds. The third-order valence-corrected chi connectivity index (χ3v) is 3.01. The van der Waals surface area contributed by atoms with Gasteiger partial charge in [0.1, 0.15) is 0 Å². The SMILES string of the molecule is C#CCCCCC(=O)NCCC1CCNC1. The Hall–Kier alpha value is -1.01. The molecule has 1 rings (SSSR count). The molecule has 90 valence electrons. The first-order chi connectivity index (χ1) is 7.83. The van der Waals surface area contributed by atoms with Crippen LogP contribution in [0, 0.1) is 18.3 Å². The van der Waals surface area contributed by atoms with E-state index in [1.807, 2.05) is 0 Å². The summed E-state index contributed by atoms with van der Waals surface area (Å²) in [5.41, 5.74) is 0. The number of carbonyl (C=O) groups is 1. The van der Waals surface area contributed by atoms with Gasteiger partial charge in [0.2, 0.25) is 5.91 Å². The van der Waals surface area contributed by atoms with E-state index in [4.69, 9.17) is 6.42 Å². The Morgan fingerprint density at radius 2 is 2.38 bits per heavy atom. The molecular formula is C13H22N2O. The lowest BCUT2D eigenvalue weighted by molar-refractivity contribution is -0.121. The fourth-order valence-electron chi connectivity index (χ4n) is 1.98. The van der Waals surface area contributed by atoms with Gasteiger partial charge < -0.3 is 10.6 Å². The average Bonchev–Trinajstić information content (AvgIpc) is 2.77. The van der Waals surface area contributed by atoms with Gasteiger partial charge in [-0.05, 0) is 44.7 Å². The van der Waals surface area contributed by atoms with Crippen molar-refractivity contribution < 1.29 is 4.79 Å². The van der Waals surface area contributed by atoms with Crippen LogP contribution in [0.3, 0.4) is 0 Å². The van der Waals surface area contributed by atoms with Gasteiger partial charge in [0.25, 0.3) is 0 Å². The zero-order valence-corrected chi connectivity index (χ0v) is 9.93. The minimum absolute atomic E-state index is 0.169. The van der Waals surface area contributed by atoms with E-state index in [0.29, 0.717) is 6.42 Å². The number of rotatable bonds is 7. The molecule has 3 nitrogen and oxygen atoms in total. The van der Waals surface area contributed by atoms with E-state index < -0.39 is 0 Å². The monoisotopic (exact) mass is 222 g/mol. The van der Waals surface area contributed by atoms with Crippen LogP contribution < -0.4 is 10.6 Å². The van der Waals surface area contributed by atoms with Crippen LogP contribution in [0.2, 0.25) is 0 Å². The highest BCUT2D eigenvalue weighted by molar-refractivity contribution is 5.75. The second-order valence-corrected chi connectivity index (χ2v) is 4.41. The van der Waals surface area contributed by atoms with Gasteiger partial charge >= 0.3 is 0 Å². The van der Waals surface area contributed by atoms with Crippen molar-refractivity contribution in [3.63, 3.8) is 0 Å². The third kappa shape index (κ3) is 5.77. The molecule has 0 aromatic rings. The van der Waals surface area contributed by atoms with Gasteiger partial charge in [-0.25, -0.2) is 0 Å². The van der Waals surface area contributed by atoms with Crippen molar-refractivity contribution in [2.45, 2.75) is 38.5 Å². The number of unbranched alkanes of at least 4 members (excludes halogenated alkanes) is 2. The quantitative estimate of drug-likeness (QED) is 0.503. The van der Waals surface area contributed by atoms with Crippen molar-refractivity contribution in [2.75, 3.05) is 19.6 Å². The second kappa shape index (κ2) is 8.18. The largest absolute Gasteiger partial charge is 0.356 e. The molecule has 1 unspecified atom stereocenters. The Balaban J connectivity index is 1.91. The summed E-state index contributed by atoms with van der Waals surface area (Å²) in [7, 11) is 0. The molecular weight excluding hydrogens is 200 g/mol. The van der Waals surface area contributed by atoms with Crippen molar-refractivity contribution in [1.29, 1.82) is 0 Å². The normalized spacial score (nSPS) is 19.3. The van der Waals surface area contributed by atoms with Crippen LogP contribution in [0.1, 0.15) is 38.5 Å². The molecule has 1 aliphatic heterocycles. The van der Waals surface area contributed by atoms with E-state index in [1.54, 1.807) is 0 Å². The first-order valence-electron chi connectivity index (χ1n) is 6.24. The van der Waals surface area contributed by atoms with Crippen molar-refractivity contribution in [3.8, 4) is 12.3 Å². The number of amides is 1. The summed E-state index contributed by atoms with van der Waals surface area (Å²) >= 11 is 0. The van der Waals surface area contributed by atoms with Crippen molar-refractivity contribution >= 4 is 5.91 Å². The fourth-order valence-corrected chi connectivity index (χ4v) is 1.98. The Morgan fingerprint density at radius 1 is 1.50 bits per heavy atom. The molecule has 0 aromatic carbocycles. The summed E-state index contributed by atoms with van der Waals surface area (Å²) in [6.07, 6.45) is 10.7. The molecule has 0 aliphatic carbocycles. The molecule has 1 atom stereocenters. The molecule has 16 heavy (non-hydrogen) atoms. The van der Waals surface area contributed by atoms with Crippen LogP contribution in [0.5, 0.6) is 0 Å².